The van der Waals surface area contributed by atoms with Crippen molar-refractivity contribution >= 4 is 18.3 Å². The Morgan fingerprint density at radius 2 is 2.23 bits per heavy atom. The monoisotopic (exact) mass is 338 g/mol. The summed E-state index contributed by atoms with van der Waals surface area (Å²) in [6.45, 7) is 1.68. The van der Waals surface area contributed by atoms with Crippen LogP contribution in [0, 0.1) is 5.82 Å². The molecular formula is C14H18ClF3N2O2. The number of carbonyl (C=O) groups excluding carboxylic acids is 1. The van der Waals surface area contributed by atoms with Gasteiger partial charge in [0.15, 0.2) is 11.6 Å². The van der Waals surface area contributed by atoms with Crippen LogP contribution in [0.5, 0.6) is 5.75 Å². The van der Waals surface area contributed by atoms with E-state index in [0.717, 1.165) is 0 Å². The minimum Gasteiger partial charge on any atom is -0.491 e. The summed E-state index contributed by atoms with van der Waals surface area (Å²) in [5.74, 6) is -3.74. The van der Waals surface area contributed by atoms with Crippen molar-refractivity contribution in [3.8, 4) is 5.75 Å². The molecule has 1 atom stereocenters. The molecule has 2 rings (SSSR count). The standard InChI is InChI=1S/C14H17F3N2O2.ClH/c1-2-21-12-4-3-9(5-10(12)15)7-18-13(20)11-6-14(16,17)8-19-11;/h3-5,11,19H,2,6-8H2,1H3,(H,18,20);1H. The minimum atomic E-state index is -2.85. The number of alkyl halides is 2. The summed E-state index contributed by atoms with van der Waals surface area (Å²) in [5.41, 5.74) is 0.536. The van der Waals surface area contributed by atoms with Crippen molar-refractivity contribution in [2.45, 2.75) is 31.9 Å². The Morgan fingerprint density at radius 3 is 2.77 bits per heavy atom. The van der Waals surface area contributed by atoms with E-state index in [0.29, 0.717) is 12.2 Å². The van der Waals surface area contributed by atoms with Gasteiger partial charge in [-0.05, 0) is 24.6 Å². The van der Waals surface area contributed by atoms with E-state index in [1.807, 2.05) is 0 Å². The molecule has 0 aliphatic carbocycles. The summed E-state index contributed by atoms with van der Waals surface area (Å²) in [5, 5.41) is 4.98. The van der Waals surface area contributed by atoms with Crippen LogP contribution in [0.1, 0.15) is 18.9 Å². The van der Waals surface area contributed by atoms with Crippen molar-refractivity contribution in [2.75, 3.05) is 13.2 Å². The van der Waals surface area contributed by atoms with E-state index in [-0.39, 0.29) is 24.7 Å². The second-order valence-corrected chi connectivity index (χ2v) is 4.91. The number of nitrogens with one attached hydrogen (secondary N) is 2. The molecule has 2 N–H and O–H groups in total. The maximum absolute atomic E-state index is 13.6. The van der Waals surface area contributed by atoms with Crippen LogP contribution in [-0.4, -0.2) is 31.0 Å². The third-order valence-corrected chi connectivity index (χ3v) is 3.19. The Balaban J connectivity index is 0.00000242. The molecule has 4 nitrogen and oxygen atoms in total. The lowest BCUT2D eigenvalue weighted by Gasteiger charge is -2.12. The zero-order valence-corrected chi connectivity index (χ0v) is 12.8. The van der Waals surface area contributed by atoms with E-state index in [9.17, 15) is 18.0 Å². The van der Waals surface area contributed by atoms with Crippen molar-refractivity contribution < 1.29 is 22.7 Å². The Hall–Kier alpha value is -1.47. The number of carbonyl (C=O) groups is 1. The average molecular weight is 339 g/mol. The smallest absolute Gasteiger partial charge is 0.262 e. The van der Waals surface area contributed by atoms with E-state index in [1.165, 1.54) is 12.1 Å². The van der Waals surface area contributed by atoms with Crippen LogP contribution in [0.15, 0.2) is 18.2 Å². The third-order valence-electron chi connectivity index (χ3n) is 3.19. The van der Waals surface area contributed by atoms with Gasteiger partial charge in [-0.1, -0.05) is 6.07 Å². The topological polar surface area (TPSA) is 50.4 Å². The molecule has 1 aromatic carbocycles. The molecular weight excluding hydrogens is 321 g/mol. The number of ether oxygens (including phenoxy) is 1. The Morgan fingerprint density at radius 1 is 1.50 bits per heavy atom. The van der Waals surface area contributed by atoms with E-state index >= 15 is 0 Å². The highest BCUT2D eigenvalue weighted by molar-refractivity contribution is 5.85. The molecule has 124 valence electrons. The first-order valence-corrected chi connectivity index (χ1v) is 6.71. The van der Waals surface area contributed by atoms with Crippen molar-refractivity contribution in [1.29, 1.82) is 0 Å². The predicted molar refractivity (Wildman–Crippen MR) is 78.0 cm³/mol. The van der Waals surface area contributed by atoms with Gasteiger partial charge in [-0.25, -0.2) is 13.2 Å². The van der Waals surface area contributed by atoms with Gasteiger partial charge in [-0.15, -0.1) is 12.4 Å². The number of benzene rings is 1. The fraction of sp³-hybridized carbons (Fsp3) is 0.500. The van der Waals surface area contributed by atoms with Crippen LogP contribution in [0.2, 0.25) is 0 Å². The first-order valence-electron chi connectivity index (χ1n) is 6.71. The average Bonchev–Trinajstić information content (AvgIpc) is 2.79. The fourth-order valence-corrected chi connectivity index (χ4v) is 2.14. The van der Waals surface area contributed by atoms with Crippen LogP contribution in [0.4, 0.5) is 13.2 Å². The maximum Gasteiger partial charge on any atom is 0.262 e. The van der Waals surface area contributed by atoms with Crippen LogP contribution >= 0.6 is 12.4 Å². The number of hydrogen-bond acceptors (Lipinski definition) is 3. The lowest BCUT2D eigenvalue weighted by molar-refractivity contribution is -0.123. The Bertz CT molecular complexity index is 529. The van der Waals surface area contributed by atoms with Crippen molar-refractivity contribution in [3.05, 3.63) is 29.6 Å². The number of hydrogen-bond donors (Lipinski definition) is 2. The highest BCUT2D eigenvalue weighted by Gasteiger charge is 2.42. The first-order chi connectivity index (χ1) is 9.91. The van der Waals surface area contributed by atoms with Gasteiger partial charge in [-0.3, -0.25) is 10.1 Å². The molecule has 1 heterocycles. The van der Waals surface area contributed by atoms with E-state index < -0.39 is 36.7 Å². The van der Waals surface area contributed by atoms with E-state index in [1.54, 1.807) is 13.0 Å². The molecule has 0 bridgehead atoms. The molecule has 0 aromatic heterocycles. The molecule has 1 aliphatic rings. The number of amides is 1. The minimum absolute atomic E-state index is 0. The molecule has 1 fully saturated rings. The third kappa shape index (κ3) is 4.78. The zero-order chi connectivity index (χ0) is 15.5. The van der Waals surface area contributed by atoms with Gasteiger partial charge in [0.2, 0.25) is 5.91 Å². The second kappa shape index (κ2) is 7.69. The van der Waals surface area contributed by atoms with Crippen LogP contribution < -0.4 is 15.4 Å². The highest BCUT2D eigenvalue weighted by Crippen LogP contribution is 2.25. The molecule has 1 aliphatic heterocycles. The van der Waals surface area contributed by atoms with Gasteiger partial charge < -0.3 is 10.1 Å². The second-order valence-electron chi connectivity index (χ2n) is 4.91. The van der Waals surface area contributed by atoms with Crippen LogP contribution in [-0.2, 0) is 11.3 Å². The van der Waals surface area contributed by atoms with Crippen molar-refractivity contribution in [1.82, 2.24) is 10.6 Å². The van der Waals surface area contributed by atoms with E-state index in [2.05, 4.69) is 10.6 Å². The van der Waals surface area contributed by atoms with Gasteiger partial charge >= 0.3 is 0 Å². The quantitative estimate of drug-likeness (QED) is 0.866. The lowest BCUT2D eigenvalue weighted by Crippen LogP contribution is -2.40. The molecule has 1 saturated heterocycles. The molecule has 0 radical (unpaired) electrons. The van der Waals surface area contributed by atoms with Gasteiger partial charge in [0.1, 0.15) is 0 Å². The van der Waals surface area contributed by atoms with Gasteiger partial charge in [0, 0.05) is 13.0 Å². The zero-order valence-electron chi connectivity index (χ0n) is 12.0. The van der Waals surface area contributed by atoms with Crippen LogP contribution in [0.3, 0.4) is 0 Å². The fourth-order valence-electron chi connectivity index (χ4n) is 2.14. The number of halogens is 4. The molecule has 1 unspecified atom stereocenters. The maximum atomic E-state index is 13.6. The van der Waals surface area contributed by atoms with Gasteiger partial charge in [0.05, 0.1) is 19.2 Å². The summed E-state index contributed by atoms with van der Waals surface area (Å²) in [4.78, 5) is 11.7. The van der Waals surface area contributed by atoms with E-state index in [4.69, 9.17) is 4.74 Å². The van der Waals surface area contributed by atoms with Crippen LogP contribution in [0.25, 0.3) is 0 Å². The largest absolute Gasteiger partial charge is 0.491 e. The summed E-state index contributed by atoms with van der Waals surface area (Å²) in [7, 11) is 0. The SMILES string of the molecule is CCOc1ccc(CNC(=O)C2CC(F)(F)CN2)cc1F.Cl. The lowest BCUT2D eigenvalue weighted by atomic mass is 10.1. The van der Waals surface area contributed by atoms with Crippen molar-refractivity contribution in [2.24, 2.45) is 0 Å². The first kappa shape index (κ1) is 18.6. The van der Waals surface area contributed by atoms with Gasteiger partial charge in [0.25, 0.3) is 5.92 Å². The molecule has 1 aromatic rings. The van der Waals surface area contributed by atoms with Gasteiger partial charge in [-0.2, -0.15) is 0 Å². The Kier molecular flexibility index (Phi) is 6.49. The predicted octanol–water partition coefficient (Wildman–Crippen LogP) is 2.26. The summed E-state index contributed by atoms with van der Waals surface area (Å²) in [6.07, 6.45) is -0.517. The van der Waals surface area contributed by atoms with Crippen molar-refractivity contribution in [3.63, 3.8) is 0 Å². The molecule has 22 heavy (non-hydrogen) atoms. The summed E-state index contributed by atoms with van der Waals surface area (Å²) >= 11 is 0. The molecule has 0 saturated carbocycles. The molecule has 8 heteroatoms. The summed E-state index contributed by atoms with van der Waals surface area (Å²) < 4.78 is 44.6. The number of rotatable bonds is 5. The molecule has 0 spiro atoms. The Labute approximate surface area is 132 Å². The highest BCUT2D eigenvalue weighted by atomic mass is 35.5. The normalized spacial score (nSPS) is 19.4. The molecule has 1 amide bonds. The summed E-state index contributed by atoms with van der Waals surface area (Å²) in [6, 6.07) is 3.43.